The molecule has 3 heteroatoms. The quantitative estimate of drug-likeness (QED) is 0.820. The van der Waals surface area contributed by atoms with E-state index in [0.29, 0.717) is 18.4 Å². The summed E-state index contributed by atoms with van der Waals surface area (Å²) in [7, 11) is 0. The van der Waals surface area contributed by atoms with Gasteiger partial charge in [-0.15, -0.1) is 5.92 Å². The van der Waals surface area contributed by atoms with E-state index in [1.807, 2.05) is 20.8 Å². The van der Waals surface area contributed by atoms with Gasteiger partial charge in [0.1, 0.15) is 11.6 Å². The van der Waals surface area contributed by atoms with Gasteiger partial charge >= 0.3 is 0 Å². The fourth-order valence-electron chi connectivity index (χ4n) is 1.49. The molecule has 0 aromatic heterocycles. The summed E-state index contributed by atoms with van der Waals surface area (Å²) >= 11 is 0. The van der Waals surface area contributed by atoms with Gasteiger partial charge in [-0.3, -0.25) is 0 Å². The highest BCUT2D eigenvalue weighted by Crippen LogP contribution is 2.13. The maximum absolute atomic E-state index is 13.4. The van der Waals surface area contributed by atoms with Gasteiger partial charge in [0, 0.05) is 23.9 Å². The second-order valence-corrected chi connectivity index (χ2v) is 5.46. The zero-order valence-corrected chi connectivity index (χ0v) is 11.1. The Bertz CT molecular complexity index is 464. The van der Waals surface area contributed by atoms with Gasteiger partial charge in [0.25, 0.3) is 0 Å². The van der Waals surface area contributed by atoms with Crippen LogP contribution < -0.4 is 5.73 Å². The zero-order valence-electron chi connectivity index (χ0n) is 11.1. The van der Waals surface area contributed by atoms with Crippen molar-refractivity contribution in [3.05, 3.63) is 35.4 Å². The minimum absolute atomic E-state index is 0.0547. The summed E-state index contributed by atoms with van der Waals surface area (Å²) in [6.45, 7) is 6.06. The fourth-order valence-corrected chi connectivity index (χ4v) is 1.49. The number of hydrogen-bond donors (Lipinski definition) is 1. The number of hydrogen-bond acceptors (Lipinski definition) is 1. The van der Waals surface area contributed by atoms with Crippen LogP contribution in [0.5, 0.6) is 0 Å². The lowest BCUT2D eigenvalue weighted by molar-refractivity contribution is 0.558. The van der Waals surface area contributed by atoms with Gasteiger partial charge in [-0.2, -0.15) is 0 Å². The summed E-state index contributed by atoms with van der Waals surface area (Å²) in [4.78, 5) is 0. The second-order valence-electron chi connectivity index (χ2n) is 5.46. The molecular weight excluding hydrogens is 232 g/mol. The highest BCUT2D eigenvalue weighted by Gasteiger charge is 2.09. The Hall–Kier alpha value is -1.40. The molecule has 0 aliphatic heterocycles. The molecule has 0 amide bonds. The average molecular weight is 251 g/mol. The predicted molar refractivity (Wildman–Crippen MR) is 69.9 cm³/mol. The molecule has 0 heterocycles. The fraction of sp³-hybridized carbons (Fsp3) is 0.467. The molecule has 1 aromatic carbocycles. The highest BCUT2D eigenvalue weighted by atomic mass is 19.1. The number of halogens is 2. The van der Waals surface area contributed by atoms with E-state index < -0.39 is 11.6 Å². The van der Waals surface area contributed by atoms with Crippen LogP contribution in [0.2, 0.25) is 0 Å². The van der Waals surface area contributed by atoms with Crippen molar-refractivity contribution in [2.24, 2.45) is 11.1 Å². The van der Waals surface area contributed by atoms with Crippen molar-refractivity contribution in [2.45, 2.75) is 39.7 Å². The summed E-state index contributed by atoms with van der Waals surface area (Å²) in [5.41, 5.74) is 6.26. The topological polar surface area (TPSA) is 26.0 Å². The minimum Gasteiger partial charge on any atom is -0.327 e. The summed E-state index contributed by atoms with van der Waals surface area (Å²) < 4.78 is 26.1. The van der Waals surface area contributed by atoms with Crippen molar-refractivity contribution in [3.63, 3.8) is 0 Å². The van der Waals surface area contributed by atoms with E-state index in [1.54, 1.807) is 0 Å². The van der Waals surface area contributed by atoms with E-state index in [4.69, 9.17) is 5.73 Å². The van der Waals surface area contributed by atoms with E-state index in [1.165, 1.54) is 12.1 Å². The molecule has 1 atom stereocenters. The highest BCUT2D eigenvalue weighted by molar-refractivity contribution is 5.20. The van der Waals surface area contributed by atoms with Gasteiger partial charge < -0.3 is 5.73 Å². The van der Waals surface area contributed by atoms with Crippen LogP contribution in [0.4, 0.5) is 8.78 Å². The molecule has 0 radical (unpaired) electrons. The Labute approximate surface area is 107 Å². The smallest absolute Gasteiger partial charge is 0.129 e. The number of benzene rings is 1. The first kappa shape index (κ1) is 14.7. The third-order valence-corrected chi connectivity index (χ3v) is 2.32. The van der Waals surface area contributed by atoms with Crippen LogP contribution >= 0.6 is 0 Å². The molecule has 0 aliphatic rings. The molecular formula is C15H19F2N. The Morgan fingerprint density at radius 2 is 1.94 bits per heavy atom. The van der Waals surface area contributed by atoms with Crippen LogP contribution in [0.3, 0.4) is 0 Å². The summed E-state index contributed by atoms with van der Waals surface area (Å²) in [6, 6.07) is 3.32. The molecule has 0 spiro atoms. The number of nitrogens with two attached hydrogens (primary N) is 1. The summed E-state index contributed by atoms with van der Waals surface area (Å²) in [5.74, 6) is 4.96. The van der Waals surface area contributed by atoms with E-state index in [0.717, 1.165) is 6.07 Å². The maximum atomic E-state index is 13.4. The molecule has 0 saturated carbocycles. The van der Waals surface area contributed by atoms with E-state index in [2.05, 4.69) is 11.8 Å². The normalized spacial score (nSPS) is 12.8. The van der Waals surface area contributed by atoms with Crippen LogP contribution in [-0.2, 0) is 6.42 Å². The SMILES string of the molecule is CC(C)(C)C#CCC(N)Cc1ccc(F)cc1F. The van der Waals surface area contributed by atoms with Crippen molar-refractivity contribution in [1.29, 1.82) is 0 Å². The summed E-state index contributed by atoms with van der Waals surface area (Å²) in [6.07, 6.45) is 0.874. The van der Waals surface area contributed by atoms with Crippen LogP contribution in [0.15, 0.2) is 18.2 Å². The molecule has 1 rings (SSSR count). The molecule has 98 valence electrons. The van der Waals surface area contributed by atoms with Crippen LogP contribution in [0.1, 0.15) is 32.8 Å². The first-order chi connectivity index (χ1) is 8.28. The molecule has 18 heavy (non-hydrogen) atoms. The van der Waals surface area contributed by atoms with Crippen LogP contribution in [0, 0.1) is 28.9 Å². The lowest BCUT2D eigenvalue weighted by Gasteiger charge is -2.10. The van der Waals surface area contributed by atoms with Gasteiger partial charge in [-0.1, -0.05) is 12.0 Å². The Morgan fingerprint density at radius 1 is 1.28 bits per heavy atom. The van der Waals surface area contributed by atoms with E-state index in [9.17, 15) is 8.78 Å². The number of rotatable bonds is 3. The molecule has 0 bridgehead atoms. The Kier molecular flexibility index (Phi) is 4.86. The van der Waals surface area contributed by atoms with Gasteiger partial charge in [0.15, 0.2) is 0 Å². The molecule has 0 fully saturated rings. The predicted octanol–water partition coefficient (Wildman–Crippen LogP) is 3.27. The lowest BCUT2D eigenvalue weighted by atomic mass is 9.97. The van der Waals surface area contributed by atoms with Crippen molar-refractivity contribution in [2.75, 3.05) is 0 Å². The standard InChI is InChI=1S/C15H19F2N/c1-15(2,3)8-4-5-13(18)9-11-6-7-12(16)10-14(11)17/h6-7,10,13H,5,9,18H2,1-3H3. The van der Waals surface area contributed by atoms with Crippen molar-refractivity contribution in [3.8, 4) is 11.8 Å². The molecule has 0 saturated heterocycles. The largest absolute Gasteiger partial charge is 0.327 e. The van der Waals surface area contributed by atoms with Crippen molar-refractivity contribution >= 4 is 0 Å². The maximum Gasteiger partial charge on any atom is 0.129 e. The first-order valence-corrected chi connectivity index (χ1v) is 5.97. The second kappa shape index (κ2) is 5.97. The van der Waals surface area contributed by atoms with E-state index >= 15 is 0 Å². The zero-order chi connectivity index (χ0) is 13.8. The van der Waals surface area contributed by atoms with Gasteiger partial charge in [-0.05, 0) is 38.8 Å². The van der Waals surface area contributed by atoms with Crippen LogP contribution in [-0.4, -0.2) is 6.04 Å². The summed E-state index contributed by atoms with van der Waals surface area (Å²) in [5, 5.41) is 0. The Balaban J connectivity index is 2.59. The molecule has 1 aromatic rings. The average Bonchev–Trinajstić information content (AvgIpc) is 2.20. The lowest BCUT2D eigenvalue weighted by Crippen LogP contribution is -2.22. The van der Waals surface area contributed by atoms with Gasteiger partial charge in [-0.25, -0.2) is 8.78 Å². The van der Waals surface area contributed by atoms with Crippen molar-refractivity contribution in [1.82, 2.24) is 0 Å². The monoisotopic (exact) mass is 251 g/mol. The molecule has 2 N–H and O–H groups in total. The first-order valence-electron chi connectivity index (χ1n) is 5.97. The molecule has 1 nitrogen and oxygen atoms in total. The third-order valence-electron chi connectivity index (χ3n) is 2.32. The Morgan fingerprint density at radius 3 is 2.50 bits per heavy atom. The minimum atomic E-state index is -0.572. The van der Waals surface area contributed by atoms with Gasteiger partial charge in [0.2, 0.25) is 0 Å². The van der Waals surface area contributed by atoms with Crippen molar-refractivity contribution < 1.29 is 8.78 Å². The molecule has 0 aliphatic carbocycles. The van der Waals surface area contributed by atoms with Crippen LogP contribution in [0.25, 0.3) is 0 Å². The third kappa shape index (κ3) is 5.29. The van der Waals surface area contributed by atoms with E-state index in [-0.39, 0.29) is 11.5 Å². The molecule has 1 unspecified atom stereocenters. The van der Waals surface area contributed by atoms with Gasteiger partial charge in [0.05, 0.1) is 0 Å².